The Balaban J connectivity index is 2.20. The second kappa shape index (κ2) is 50.7. The average molecular weight is 1030 g/mol. The van der Waals surface area contributed by atoms with Crippen molar-refractivity contribution in [2.75, 3.05) is 13.2 Å². The largest absolute Gasteiger partial charge is 0.394 e. The molecule has 428 valence electrons. The van der Waals surface area contributed by atoms with Crippen LogP contribution in [0.4, 0.5) is 0 Å². The molecule has 72 heavy (non-hydrogen) atoms. The Morgan fingerprint density at radius 2 is 0.819 bits per heavy atom. The lowest BCUT2D eigenvalue weighted by Crippen LogP contribution is -2.60. The topological polar surface area (TPSA) is 189 Å². The number of unbranched alkanes of at least 4 members (excludes halogenated alkanes) is 40. The van der Waals surface area contributed by atoms with Gasteiger partial charge >= 0.3 is 0 Å². The summed E-state index contributed by atoms with van der Waals surface area (Å²) in [4.78, 5) is 13.1. The predicted molar refractivity (Wildman–Crippen MR) is 298 cm³/mol. The van der Waals surface area contributed by atoms with Crippen LogP contribution in [-0.4, -0.2) is 110 Å². The first-order valence-corrected chi connectivity index (χ1v) is 31.1. The third kappa shape index (κ3) is 38.4. The number of ether oxygens (including phenoxy) is 2. The zero-order valence-corrected chi connectivity index (χ0v) is 46.9. The van der Waals surface area contributed by atoms with Gasteiger partial charge < -0.3 is 50.5 Å². The molecule has 0 saturated carbocycles. The molecule has 11 nitrogen and oxygen atoms in total. The number of carbonyl (C=O) groups is 1. The number of aliphatic hydroxyl groups is 7. The summed E-state index contributed by atoms with van der Waals surface area (Å²) in [5.41, 5.74) is 0. The highest BCUT2D eigenvalue weighted by Gasteiger charge is 2.44. The highest BCUT2D eigenvalue weighted by molar-refractivity contribution is 5.80. The van der Waals surface area contributed by atoms with Gasteiger partial charge in [0.25, 0.3) is 0 Å². The fourth-order valence-corrected chi connectivity index (χ4v) is 10.3. The minimum atomic E-state index is -1.66. The third-order valence-corrected chi connectivity index (χ3v) is 15.3. The number of hydrogen-bond donors (Lipinski definition) is 8. The van der Waals surface area contributed by atoms with Crippen molar-refractivity contribution in [2.24, 2.45) is 0 Å². The highest BCUT2D eigenvalue weighted by Crippen LogP contribution is 2.24. The molecule has 0 bridgehead atoms. The molecule has 0 aliphatic carbocycles. The molecule has 1 rings (SSSR count). The normalized spacial score (nSPS) is 20.0. The van der Waals surface area contributed by atoms with Gasteiger partial charge in [0, 0.05) is 0 Å². The Labute approximate surface area is 442 Å². The second-order valence-electron chi connectivity index (χ2n) is 22.1. The molecular weight excluding hydrogens is 907 g/mol. The second-order valence-corrected chi connectivity index (χ2v) is 22.1. The van der Waals surface area contributed by atoms with E-state index in [-0.39, 0.29) is 12.8 Å². The number of allylic oxidation sites excluding steroid dienone is 2. The minimum absolute atomic E-state index is 0.258. The van der Waals surface area contributed by atoms with Gasteiger partial charge in [-0.3, -0.25) is 4.79 Å². The summed E-state index contributed by atoms with van der Waals surface area (Å²) in [6.45, 7) is 3.47. The van der Waals surface area contributed by atoms with Crippen molar-refractivity contribution in [1.82, 2.24) is 5.32 Å². The summed E-state index contributed by atoms with van der Waals surface area (Å²) in [6, 6.07) is -1.18. The van der Waals surface area contributed by atoms with Crippen LogP contribution in [-0.2, 0) is 14.3 Å². The zero-order valence-electron chi connectivity index (χ0n) is 46.9. The fourth-order valence-electron chi connectivity index (χ4n) is 10.3. The summed E-state index contributed by atoms with van der Waals surface area (Å²) in [6.07, 6.45) is 48.7. The van der Waals surface area contributed by atoms with Crippen LogP contribution in [0.3, 0.4) is 0 Å². The van der Waals surface area contributed by atoms with Crippen molar-refractivity contribution in [1.29, 1.82) is 0 Å². The molecule has 11 heteroatoms. The van der Waals surface area contributed by atoms with Crippen LogP contribution in [0, 0.1) is 0 Å². The van der Waals surface area contributed by atoms with E-state index in [2.05, 4.69) is 31.3 Å². The SMILES string of the molecule is CCCCCCCCCCCCCCCCCCCCCCCCCCCCC/C=C/CCCC(O)C(O)C(COC1OC(CO)C(O)C(O)C1O)NC(=O)C(O)CCCCCCCCCCCCCCC. The maximum Gasteiger partial charge on any atom is 0.249 e. The zero-order chi connectivity index (χ0) is 52.5. The van der Waals surface area contributed by atoms with Crippen LogP contribution in [0.5, 0.6) is 0 Å². The molecule has 0 aromatic carbocycles. The molecule has 1 aliphatic rings. The summed E-state index contributed by atoms with van der Waals surface area (Å²) in [5, 5.41) is 76.1. The Morgan fingerprint density at radius 1 is 0.472 bits per heavy atom. The average Bonchev–Trinajstić information content (AvgIpc) is 3.38. The number of rotatable bonds is 54. The van der Waals surface area contributed by atoms with Gasteiger partial charge in [0.05, 0.1) is 25.4 Å². The first kappa shape index (κ1) is 68.9. The van der Waals surface area contributed by atoms with Gasteiger partial charge in [-0.25, -0.2) is 0 Å². The molecular formula is C61H119NO10. The maximum atomic E-state index is 13.1. The van der Waals surface area contributed by atoms with Crippen molar-refractivity contribution < 1.29 is 50.0 Å². The van der Waals surface area contributed by atoms with Gasteiger partial charge in [-0.2, -0.15) is 0 Å². The van der Waals surface area contributed by atoms with E-state index in [9.17, 15) is 40.5 Å². The molecule has 1 saturated heterocycles. The Kier molecular flexibility index (Phi) is 48.4. The highest BCUT2D eigenvalue weighted by atomic mass is 16.7. The molecule has 1 amide bonds. The van der Waals surface area contributed by atoms with E-state index in [0.717, 1.165) is 38.5 Å². The molecule has 1 fully saturated rings. The van der Waals surface area contributed by atoms with Gasteiger partial charge in [0.2, 0.25) is 5.91 Å². The molecule has 1 aliphatic heterocycles. The molecule has 9 atom stereocenters. The summed E-state index contributed by atoms with van der Waals surface area (Å²) >= 11 is 0. The van der Waals surface area contributed by atoms with Gasteiger partial charge in [0.1, 0.15) is 36.6 Å². The lowest BCUT2D eigenvalue weighted by atomic mass is 9.98. The number of hydrogen-bond acceptors (Lipinski definition) is 10. The van der Waals surface area contributed by atoms with Gasteiger partial charge in [0.15, 0.2) is 6.29 Å². The number of carbonyl (C=O) groups excluding carboxylic acids is 1. The van der Waals surface area contributed by atoms with Gasteiger partial charge in [-0.1, -0.05) is 276 Å². The standard InChI is InChI=1S/C61H119NO10/c1-3-5-7-9-11-13-15-17-18-19-20-21-22-23-24-25-26-27-28-29-30-31-32-33-34-35-37-38-40-42-44-46-48-53(64)56(66)52(51-71-61-59(69)58(68)57(67)55(50-63)72-61)62-60(70)54(65)49-47-45-43-41-39-36-16-14-12-10-8-6-4-2/h40,42,52-59,61,63-69H,3-39,41,43-51H2,1-2H3,(H,62,70)/b42-40+. The van der Waals surface area contributed by atoms with Crippen molar-refractivity contribution in [3.8, 4) is 0 Å². The van der Waals surface area contributed by atoms with Crippen molar-refractivity contribution in [2.45, 2.75) is 358 Å². The van der Waals surface area contributed by atoms with Crippen LogP contribution in [0.2, 0.25) is 0 Å². The van der Waals surface area contributed by atoms with E-state index in [0.29, 0.717) is 12.8 Å². The fraction of sp³-hybridized carbons (Fsp3) is 0.951. The predicted octanol–water partition coefficient (Wildman–Crippen LogP) is 13.5. The molecule has 1 heterocycles. The lowest BCUT2D eigenvalue weighted by Gasteiger charge is -2.40. The molecule has 0 aromatic rings. The maximum absolute atomic E-state index is 13.1. The summed E-state index contributed by atoms with van der Waals surface area (Å²) < 4.78 is 11.1. The summed E-state index contributed by atoms with van der Waals surface area (Å²) in [7, 11) is 0. The molecule has 0 spiro atoms. The monoisotopic (exact) mass is 1030 g/mol. The van der Waals surface area contributed by atoms with E-state index in [4.69, 9.17) is 9.47 Å². The quantitative estimate of drug-likeness (QED) is 0.0215. The van der Waals surface area contributed by atoms with Crippen LogP contribution >= 0.6 is 0 Å². The molecule has 8 N–H and O–H groups in total. The third-order valence-electron chi connectivity index (χ3n) is 15.3. The van der Waals surface area contributed by atoms with E-state index in [1.54, 1.807) is 0 Å². The van der Waals surface area contributed by atoms with Crippen LogP contribution in [0.1, 0.15) is 303 Å². The van der Waals surface area contributed by atoms with Crippen molar-refractivity contribution >= 4 is 5.91 Å². The number of aliphatic hydroxyl groups excluding tert-OH is 7. The molecule has 9 unspecified atom stereocenters. The van der Waals surface area contributed by atoms with Crippen LogP contribution in [0.25, 0.3) is 0 Å². The smallest absolute Gasteiger partial charge is 0.249 e. The number of amides is 1. The first-order chi connectivity index (χ1) is 35.2. The van der Waals surface area contributed by atoms with E-state index in [1.165, 1.54) is 225 Å². The van der Waals surface area contributed by atoms with Crippen LogP contribution in [0.15, 0.2) is 12.2 Å². The van der Waals surface area contributed by atoms with Gasteiger partial charge in [-0.05, 0) is 38.5 Å². The van der Waals surface area contributed by atoms with E-state index in [1.807, 2.05) is 0 Å². The first-order valence-electron chi connectivity index (χ1n) is 31.1. The number of nitrogens with one attached hydrogen (secondary N) is 1. The van der Waals surface area contributed by atoms with Crippen LogP contribution < -0.4 is 5.32 Å². The van der Waals surface area contributed by atoms with E-state index >= 15 is 0 Å². The molecule has 0 radical (unpaired) electrons. The Bertz CT molecular complexity index is 1180. The van der Waals surface area contributed by atoms with Gasteiger partial charge in [-0.15, -0.1) is 0 Å². The Morgan fingerprint density at radius 3 is 1.19 bits per heavy atom. The van der Waals surface area contributed by atoms with Crippen molar-refractivity contribution in [3.63, 3.8) is 0 Å². The van der Waals surface area contributed by atoms with Crippen molar-refractivity contribution in [3.05, 3.63) is 12.2 Å². The minimum Gasteiger partial charge on any atom is -0.394 e. The molecule has 0 aromatic heterocycles. The van der Waals surface area contributed by atoms with E-state index < -0.39 is 74.2 Å². The summed E-state index contributed by atoms with van der Waals surface area (Å²) in [5.74, 6) is -0.702. The Hall–Kier alpha value is -1.15. The lowest BCUT2D eigenvalue weighted by molar-refractivity contribution is -0.303.